The summed E-state index contributed by atoms with van der Waals surface area (Å²) in [5.74, 6) is 3.74. The fourth-order valence-corrected chi connectivity index (χ4v) is 7.77. The third-order valence-corrected chi connectivity index (χ3v) is 8.20. The van der Waals surface area contributed by atoms with Crippen molar-refractivity contribution in [2.45, 2.75) is 23.7 Å². The Hall–Kier alpha value is -2.58. The molecule has 5 aliphatic carbocycles. The van der Waals surface area contributed by atoms with Crippen LogP contribution in [0.3, 0.4) is 0 Å². The maximum atomic E-state index is 10.1. The van der Waals surface area contributed by atoms with Gasteiger partial charge in [-0.2, -0.15) is 10.5 Å². The van der Waals surface area contributed by atoms with Crippen molar-refractivity contribution in [2.24, 2.45) is 23.2 Å². The van der Waals surface area contributed by atoms with E-state index in [0.29, 0.717) is 35.5 Å². The van der Waals surface area contributed by atoms with Gasteiger partial charge in [0.2, 0.25) is 0 Å². The smallest absolute Gasteiger partial charge is 0.0991 e. The molecule has 2 heteroatoms. The van der Waals surface area contributed by atoms with Crippen LogP contribution in [0.25, 0.3) is 0 Å². The Balaban J connectivity index is 1.59. The Labute approximate surface area is 140 Å². The molecule has 3 saturated carbocycles. The van der Waals surface area contributed by atoms with Gasteiger partial charge in [0.05, 0.1) is 23.1 Å². The molecule has 24 heavy (non-hydrogen) atoms. The molecule has 0 amide bonds. The van der Waals surface area contributed by atoms with Crippen LogP contribution in [0.2, 0.25) is 0 Å². The van der Waals surface area contributed by atoms with Gasteiger partial charge in [0.1, 0.15) is 0 Å². The lowest BCUT2D eigenvalue weighted by Gasteiger charge is -2.86. The summed E-state index contributed by atoms with van der Waals surface area (Å²) in [6.07, 6.45) is 0. The lowest BCUT2D eigenvalue weighted by molar-refractivity contribution is -0.291. The normalized spacial score (nSPS) is 46.0. The van der Waals surface area contributed by atoms with Gasteiger partial charge < -0.3 is 0 Å². The Morgan fingerprint density at radius 2 is 1.50 bits per heavy atom. The predicted octanol–water partition coefficient (Wildman–Crippen LogP) is 4.02. The molecule has 0 heterocycles. The number of rotatable bonds is 0. The summed E-state index contributed by atoms with van der Waals surface area (Å²) in [4.78, 5) is 0. The fraction of sp³-hybridized carbons (Fsp3) is 0.364. The summed E-state index contributed by atoms with van der Waals surface area (Å²) in [6.45, 7) is 0. The summed E-state index contributed by atoms with van der Waals surface area (Å²) in [5, 5.41) is 19.5. The fourth-order valence-electron chi connectivity index (χ4n) is 7.77. The van der Waals surface area contributed by atoms with E-state index >= 15 is 0 Å². The highest BCUT2D eigenvalue weighted by Gasteiger charge is 2.88. The lowest BCUT2D eigenvalue weighted by Crippen LogP contribution is -2.81. The average Bonchev–Trinajstić information content (AvgIpc) is 2.56. The van der Waals surface area contributed by atoms with Crippen LogP contribution in [0, 0.1) is 45.8 Å². The maximum absolute atomic E-state index is 10.1. The van der Waals surface area contributed by atoms with Crippen molar-refractivity contribution in [1.82, 2.24) is 0 Å². The zero-order chi connectivity index (χ0) is 15.8. The number of benzene rings is 2. The van der Waals surface area contributed by atoms with E-state index in [1.165, 1.54) is 16.7 Å². The second kappa shape index (κ2) is 3.28. The lowest BCUT2D eigenvalue weighted by atomic mass is 9.15. The van der Waals surface area contributed by atoms with Gasteiger partial charge in [-0.1, -0.05) is 30.3 Å². The number of hydrogen-bond acceptors (Lipinski definition) is 2. The van der Waals surface area contributed by atoms with Gasteiger partial charge in [-0.25, -0.2) is 0 Å². The molecule has 0 spiro atoms. The Kier molecular flexibility index (Phi) is 1.63. The van der Waals surface area contributed by atoms with Crippen LogP contribution in [0.1, 0.15) is 51.5 Å². The minimum absolute atomic E-state index is 0.134. The van der Waals surface area contributed by atoms with Gasteiger partial charge in [0.25, 0.3) is 0 Å². The first-order valence-electron chi connectivity index (χ1n) is 8.87. The van der Waals surface area contributed by atoms with Gasteiger partial charge in [-0.05, 0) is 69.9 Å². The minimum Gasteiger partial charge on any atom is -0.198 e. The van der Waals surface area contributed by atoms with E-state index in [-0.39, 0.29) is 5.41 Å². The van der Waals surface area contributed by atoms with E-state index in [4.69, 9.17) is 0 Å². The van der Waals surface area contributed by atoms with E-state index < -0.39 is 0 Å². The van der Waals surface area contributed by atoms with E-state index in [2.05, 4.69) is 48.5 Å². The van der Waals surface area contributed by atoms with Crippen molar-refractivity contribution < 1.29 is 0 Å². The molecule has 8 atom stereocenters. The standard InChI is InChI=1S/C22H14N2/c23-8-10-5-6-13-14(7-10)19-17-12-4-2-1-3-11(12)15-16(13)20-18(15)21(17)22(19,20)9-24/h1-7,15-21H. The molecular weight excluding hydrogens is 292 g/mol. The second-order valence-electron chi connectivity index (χ2n) is 8.31. The summed E-state index contributed by atoms with van der Waals surface area (Å²) < 4.78 is 0. The molecule has 112 valence electrons. The predicted molar refractivity (Wildman–Crippen MR) is 87.1 cm³/mol. The van der Waals surface area contributed by atoms with Gasteiger partial charge in [-0.3, -0.25) is 0 Å². The van der Waals surface area contributed by atoms with Crippen LogP contribution in [0.5, 0.6) is 0 Å². The van der Waals surface area contributed by atoms with Crippen molar-refractivity contribution in [3.05, 3.63) is 70.3 Å². The molecule has 7 rings (SSSR count). The second-order valence-corrected chi connectivity index (χ2v) is 8.31. The highest BCUT2D eigenvalue weighted by molar-refractivity contribution is 5.65. The van der Waals surface area contributed by atoms with E-state index in [9.17, 15) is 10.5 Å². The quantitative estimate of drug-likeness (QED) is 0.738. The highest BCUT2D eigenvalue weighted by Crippen LogP contribution is 2.93. The SMILES string of the molecule is N#Cc1ccc2c(c1)C1C3c4ccccc4C4C2C2C4C3C12C#N. The molecule has 3 fully saturated rings. The molecule has 2 aromatic rings. The van der Waals surface area contributed by atoms with Gasteiger partial charge >= 0.3 is 0 Å². The average molecular weight is 306 g/mol. The highest BCUT2D eigenvalue weighted by atomic mass is 14.9. The van der Waals surface area contributed by atoms with Crippen LogP contribution in [-0.4, -0.2) is 0 Å². The number of nitrogens with zero attached hydrogens (tertiary/aromatic N) is 2. The molecule has 8 unspecified atom stereocenters. The van der Waals surface area contributed by atoms with Crippen LogP contribution < -0.4 is 0 Å². The Morgan fingerprint density at radius 3 is 2.25 bits per heavy atom. The Morgan fingerprint density at radius 1 is 0.792 bits per heavy atom. The number of fused-ring (bicyclic) bond motifs is 8. The summed E-state index contributed by atoms with van der Waals surface area (Å²) in [6, 6.07) is 20.3. The van der Waals surface area contributed by atoms with Crippen molar-refractivity contribution in [3.8, 4) is 12.1 Å². The number of hydrogen-bond donors (Lipinski definition) is 0. The first-order valence-corrected chi connectivity index (χ1v) is 8.87. The van der Waals surface area contributed by atoms with E-state index in [0.717, 1.165) is 11.5 Å². The van der Waals surface area contributed by atoms with Crippen molar-refractivity contribution in [2.75, 3.05) is 0 Å². The van der Waals surface area contributed by atoms with Crippen LogP contribution in [-0.2, 0) is 0 Å². The molecule has 2 nitrogen and oxygen atoms in total. The van der Waals surface area contributed by atoms with Gasteiger partial charge in [0, 0.05) is 5.92 Å². The third kappa shape index (κ3) is 0.843. The zero-order valence-corrected chi connectivity index (χ0v) is 13.0. The van der Waals surface area contributed by atoms with Gasteiger partial charge in [0.15, 0.2) is 0 Å². The summed E-state index contributed by atoms with van der Waals surface area (Å²) >= 11 is 0. The van der Waals surface area contributed by atoms with Crippen molar-refractivity contribution in [3.63, 3.8) is 0 Å². The topological polar surface area (TPSA) is 47.6 Å². The summed E-state index contributed by atoms with van der Waals surface area (Å²) in [5.41, 5.74) is 6.41. The van der Waals surface area contributed by atoms with E-state index in [1.54, 1.807) is 5.56 Å². The number of nitriles is 2. The third-order valence-electron chi connectivity index (χ3n) is 8.20. The summed E-state index contributed by atoms with van der Waals surface area (Å²) in [7, 11) is 0. The Bertz CT molecular complexity index is 1050. The molecule has 0 saturated heterocycles. The van der Waals surface area contributed by atoms with Crippen LogP contribution in [0.15, 0.2) is 42.5 Å². The van der Waals surface area contributed by atoms with Gasteiger partial charge in [-0.15, -0.1) is 0 Å². The first kappa shape index (κ1) is 11.9. The monoisotopic (exact) mass is 306 g/mol. The zero-order valence-electron chi connectivity index (χ0n) is 13.0. The maximum Gasteiger partial charge on any atom is 0.0991 e. The molecule has 0 aliphatic heterocycles. The molecule has 0 aromatic heterocycles. The molecule has 0 radical (unpaired) electrons. The van der Waals surface area contributed by atoms with Crippen molar-refractivity contribution >= 4 is 0 Å². The molecule has 2 aromatic carbocycles. The van der Waals surface area contributed by atoms with Crippen molar-refractivity contribution in [1.29, 1.82) is 10.5 Å². The molecule has 0 bridgehead atoms. The molecule has 0 N–H and O–H groups in total. The molecular formula is C22H14N2. The van der Waals surface area contributed by atoms with Crippen LogP contribution >= 0.6 is 0 Å². The van der Waals surface area contributed by atoms with E-state index in [1.807, 2.05) is 6.07 Å². The minimum atomic E-state index is -0.134. The van der Waals surface area contributed by atoms with Crippen LogP contribution in [0.4, 0.5) is 0 Å². The largest absolute Gasteiger partial charge is 0.198 e. The molecule has 5 aliphatic rings. The first-order chi connectivity index (χ1) is 11.8.